The van der Waals surface area contributed by atoms with Gasteiger partial charge in [0.2, 0.25) is 0 Å². The zero-order valence-corrected chi connectivity index (χ0v) is 14.1. The highest BCUT2D eigenvalue weighted by atomic mass is 32.2. The molecule has 2 aromatic heterocycles. The van der Waals surface area contributed by atoms with Crippen LogP contribution in [0.3, 0.4) is 0 Å². The standard InChI is InChI=1S/C17H16N2O4S/c1-3-23-17(20)15-12(2)19(16-14(15)10-7-11-18-16)24(21,22)13-8-5-4-6-9-13/h4-11H,3H2,1-2H3. The van der Waals surface area contributed by atoms with Crippen LogP contribution in [0, 0.1) is 6.92 Å². The molecule has 1 aromatic carbocycles. The fraction of sp³-hybridized carbons (Fsp3) is 0.176. The van der Waals surface area contributed by atoms with Crippen molar-refractivity contribution in [2.24, 2.45) is 0 Å². The molecule has 0 aliphatic heterocycles. The molecule has 3 rings (SSSR count). The van der Waals surface area contributed by atoms with Crippen molar-refractivity contribution < 1.29 is 17.9 Å². The third-order valence-electron chi connectivity index (χ3n) is 3.68. The van der Waals surface area contributed by atoms with Crippen LogP contribution in [0.4, 0.5) is 0 Å². The second-order valence-corrected chi connectivity index (χ2v) is 6.92. The van der Waals surface area contributed by atoms with Crippen molar-refractivity contribution in [1.29, 1.82) is 0 Å². The summed E-state index contributed by atoms with van der Waals surface area (Å²) in [6.07, 6.45) is 1.49. The van der Waals surface area contributed by atoms with E-state index in [9.17, 15) is 13.2 Å². The molecule has 0 atom stereocenters. The summed E-state index contributed by atoms with van der Waals surface area (Å²) in [6, 6.07) is 11.4. The lowest BCUT2D eigenvalue weighted by Crippen LogP contribution is -2.16. The molecular formula is C17H16N2O4S. The molecule has 6 nitrogen and oxygen atoms in total. The lowest BCUT2D eigenvalue weighted by molar-refractivity contribution is 0.0528. The molecule has 0 radical (unpaired) electrons. The summed E-state index contributed by atoms with van der Waals surface area (Å²) in [5, 5.41) is 0.452. The topological polar surface area (TPSA) is 78.3 Å². The average Bonchev–Trinajstić information content (AvgIpc) is 2.88. The highest BCUT2D eigenvalue weighted by Gasteiger charge is 2.28. The number of hydrogen-bond acceptors (Lipinski definition) is 5. The molecule has 0 amide bonds. The van der Waals surface area contributed by atoms with E-state index in [0.29, 0.717) is 5.39 Å². The Morgan fingerprint density at radius 2 is 1.88 bits per heavy atom. The largest absolute Gasteiger partial charge is 0.462 e. The Balaban J connectivity index is 2.34. The van der Waals surface area contributed by atoms with Gasteiger partial charge in [0.05, 0.1) is 17.1 Å². The van der Waals surface area contributed by atoms with Crippen molar-refractivity contribution in [2.75, 3.05) is 6.61 Å². The van der Waals surface area contributed by atoms with Crippen molar-refractivity contribution in [3.63, 3.8) is 0 Å². The van der Waals surface area contributed by atoms with Gasteiger partial charge in [-0.25, -0.2) is 22.2 Å². The predicted octanol–water partition coefficient (Wildman–Crippen LogP) is 2.76. The van der Waals surface area contributed by atoms with Crippen molar-refractivity contribution in [2.45, 2.75) is 18.7 Å². The Kier molecular flexibility index (Phi) is 4.11. The van der Waals surface area contributed by atoms with E-state index >= 15 is 0 Å². The normalized spacial score (nSPS) is 11.6. The van der Waals surface area contributed by atoms with Crippen LogP contribution < -0.4 is 0 Å². The van der Waals surface area contributed by atoms with Crippen LogP contribution in [0.5, 0.6) is 0 Å². The maximum atomic E-state index is 13.0. The third-order valence-corrected chi connectivity index (χ3v) is 5.47. The van der Waals surface area contributed by atoms with Gasteiger partial charge < -0.3 is 4.74 Å². The number of pyridine rings is 1. The van der Waals surface area contributed by atoms with Crippen molar-refractivity contribution in [1.82, 2.24) is 8.96 Å². The number of nitrogens with zero attached hydrogens (tertiary/aromatic N) is 2. The molecule has 0 aliphatic carbocycles. The van der Waals surface area contributed by atoms with Crippen molar-refractivity contribution in [3.8, 4) is 0 Å². The van der Waals surface area contributed by atoms with Gasteiger partial charge in [-0.05, 0) is 38.1 Å². The second kappa shape index (κ2) is 6.09. The Bertz CT molecular complexity index is 1010. The van der Waals surface area contributed by atoms with Crippen LogP contribution in [0.2, 0.25) is 0 Å². The highest BCUT2D eigenvalue weighted by Crippen LogP contribution is 2.29. The SMILES string of the molecule is CCOC(=O)c1c(C)n(S(=O)(=O)c2ccccc2)c2ncccc12. The van der Waals surface area contributed by atoms with Crippen molar-refractivity contribution >= 4 is 27.0 Å². The Hall–Kier alpha value is -2.67. The summed E-state index contributed by atoms with van der Waals surface area (Å²) >= 11 is 0. The maximum absolute atomic E-state index is 13.0. The van der Waals surface area contributed by atoms with Gasteiger partial charge in [-0.2, -0.15) is 0 Å². The molecule has 0 saturated heterocycles. The number of ether oxygens (including phenoxy) is 1. The molecule has 2 heterocycles. The fourth-order valence-corrected chi connectivity index (χ4v) is 4.20. The maximum Gasteiger partial charge on any atom is 0.340 e. The molecule has 7 heteroatoms. The minimum Gasteiger partial charge on any atom is -0.462 e. The third kappa shape index (κ3) is 2.46. The zero-order chi connectivity index (χ0) is 17.3. The summed E-state index contributed by atoms with van der Waals surface area (Å²) < 4.78 is 32.2. The van der Waals surface area contributed by atoms with E-state index in [4.69, 9.17) is 4.74 Å². The number of carbonyl (C=O) groups is 1. The van der Waals surface area contributed by atoms with E-state index in [1.54, 1.807) is 44.2 Å². The summed E-state index contributed by atoms with van der Waals surface area (Å²) in [6.45, 7) is 3.48. The first-order valence-corrected chi connectivity index (χ1v) is 8.86. The van der Waals surface area contributed by atoms with E-state index < -0.39 is 16.0 Å². The van der Waals surface area contributed by atoms with Crippen LogP contribution in [0.1, 0.15) is 23.0 Å². The number of benzene rings is 1. The molecule has 0 saturated carbocycles. The number of fused-ring (bicyclic) bond motifs is 1. The molecule has 0 unspecified atom stereocenters. The second-order valence-electron chi connectivity index (χ2n) is 5.14. The Morgan fingerprint density at radius 3 is 2.54 bits per heavy atom. The number of carbonyl (C=O) groups excluding carboxylic acids is 1. The fourth-order valence-electron chi connectivity index (χ4n) is 2.66. The van der Waals surface area contributed by atoms with Crippen LogP contribution in [-0.2, 0) is 14.8 Å². The lowest BCUT2D eigenvalue weighted by Gasteiger charge is -2.09. The van der Waals surface area contributed by atoms with E-state index in [0.717, 1.165) is 3.97 Å². The summed E-state index contributed by atoms with van der Waals surface area (Å²) in [4.78, 5) is 16.6. The first kappa shape index (κ1) is 16.2. The van der Waals surface area contributed by atoms with Crippen LogP contribution in [0.25, 0.3) is 11.0 Å². The molecule has 3 aromatic rings. The van der Waals surface area contributed by atoms with E-state index in [2.05, 4.69) is 4.98 Å². The van der Waals surface area contributed by atoms with Crippen LogP contribution >= 0.6 is 0 Å². The monoisotopic (exact) mass is 344 g/mol. The van der Waals surface area contributed by atoms with E-state index in [1.165, 1.54) is 18.3 Å². The minimum atomic E-state index is -3.88. The van der Waals surface area contributed by atoms with Crippen LogP contribution in [0.15, 0.2) is 53.6 Å². The van der Waals surface area contributed by atoms with E-state index in [1.807, 2.05) is 0 Å². The lowest BCUT2D eigenvalue weighted by atomic mass is 10.2. The van der Waals surface area contributed by atoms with Gasteiger partial charge in [0.1, 0.15) is 0 Å². The van der Waals surface area contributed by atoms with Gasteiger partial charge in [-0.1, -0.05) is 18.2 Å². The summed E-state index contributed by atoms with van der Waals surface area (Å²) in [7, 11) is -3.88. The van der Waals surface area contributed by atoms with Crippen LogP contribution in [-0.4, -0.2) is 30.0 Å². The molecule has 124 valence electrons. The Morgan fingerprint density at radius 1 is 1.17 bits per heavy atom. The summed E-state index contributed by atoms with van der Waals surface area (Å²) in [5.41, 5.74) is 0.715. The zero-order valence-electron chi connectivity index (χ0n) is 13.3. The molecule has 24 heavy (non-hydrogen) atoms. The Labute approximate surface area is 139 Å². The quantitative estimate of drug-likeness (QED) is 0.680. The molecule has 0 spiro atoms. The first-order chi connectivity index (χ1) is 11.5. The van der Waals surface area contributed by atoms with Gasteiger partial charge in [0.25, 0.3) is 10.0 Å². The van der Waals surface area contributed by atoms with Gasteiger partial charge in [0, 0.05) is 17.3 Å². The molecule has 0 bridgehead atoms. The first-order valence-electron chi connectivity index (χ1n) is 7.42. The number of esters is 1. The minimum absolute atomic E-state index is 0.131. The molecule has 0 N–H and O–H groups in total. The smallest absolute Gasteiger partial charge is 0.340 e. The predicted molar refractivity (Wildman–Crippen MR) is 89.5 cm³/mol. The molecule has 0 aliphatic rings. The number of hydrogen-bond donors (Lipinski definition) is 0. The van der Waals surface area contributed by atoms with E-state index in [-0.39, 0.29) is 28.4 Å². The summed E-state index contributed by atoms with van der Waals surface area (Å²) in [5.74, 6) is -0.560. The molecule has 0 fully saturated rings. The van der Waals surface area contributed by atoms with Crippen molar-refractivity contribution in [3.05, 3.63) is 59.9 Å². The van der Waals surface area contributed by atoms with Gasteiger partial charge in [-0.15, -0.1) is 0 Å². The van der Waals surface area contributed by atoms with Gasteiger partial charge in [-0.3, -0.25) is 0 Å². The number of rotatable bonds is 4. The molecular weight excluding hydrogens is 328 g/mol. The van der Waals surface area contributed by atoms with Gasteiger partial charge in [0.15, 0.2) is 5.65 Å². The highest BCUT2D eigenvalue weighted by molar-refractivity contribution is 7.90. The average molecular weight is 344 g/mol. The van der Waals surface area contributed by atoms with Gasteiger partial charge >= 0.3 is 5.97 Å². The number of aromatic nitrogens is 2.